The van der Waals surface area contributed by atoms with Gasteiger partial charge in [0, 0.05) is 23.6 Å². The maximum atomic E-state index is 2.45. The fraction of sp³-hybridized carbons (Fsp3) is 0.389. The molecule has 0 saturated heterocycles. The smallest absolute Gasteiger partial charge is 0.198 e. The minimum Gasteiger partial charge on any atom is -0.198 e. The molecular formula is C18H20N+. The molecule has 0 radical (unpaired) electrons. The number of pyridine rings is 1. The van der Waals surface area contributed by atoms with Crippen LogP contribution in [0.3, 0.4) is 0 Å². The Bertz CT molecular complexity index is 670. The zero-order valence-electron chi connectivity index (χ0n) is 11.7. The van der Waals surface area contributed by atoms with E-state index in [0.29, 0.717) is 0 Å². The van der Waals surface area contributed by atoms with Crippen molar-refractivity contribution in [2.75, 3.05) is 0 Å². The first-order valence-electron chi connectivity index (χ1n) is 7.36. The molecule has 1 nitrogen and oxygen atoms in total. The van der Waals surface area contributed by atoms with E-state index in [9.17, 15) is 0 Å². The van der Waals surface area contributed by atoms with Crippen LogP contribution in [-0.2, 0) is 19.9 Å². The largest absolute Gasteiger partial charge is 0.213 e. The average Bonchev–Trinajstić information content (AvgIpc) is 3.00. The third-order valence-electron chi connectivity index (χ3n) is 5.06. The number of rotatable bonds is 1. The maximum absolute atomic E-state index is 2.45. The molecule has 2 aromatic rings. The van der Waals surface area contributed by atoms with E-state index in [2.05, 4.69) is 48.9 Å². The van der Waals surface area contributed by atoms with Crippen LogP contribution >= 0.6 is 0 Å². The quantitative estimate of drug-likeness (QED) is 0.682. The van der Waals surface area contributed by atoms with Gasteiger partial charge in [0.1, 0.15) is 7.05 Å². The van der Waals surface area contributed by atoms with Crippen LogP contribution in [0.1, 0.15) is 41.1 Å². The van der Waals surface area contributed by atoms with Gasteiger partial charge in [0.2, 0.25) is 5.69 Å². The summed E-state index contributed by atoms with van der Waals surface area (Å²) < 4.78 is 2.45. The van der Waals surface area contributed by atoms with Crippen LogP contribution in [0.2, 0.25) is 0 Å². The summed E-state index contributed by atoms with van der Waals surface area (Å²) in [5, 5.41) is 0. The maximum Gasteiger partial charge on any atom is 0.213 e. The molecular weight excluding hydrogens is 230 g/mol. The fourth-order valence-electron chi connectivity index (χ4n) is 4.05. The second kappa shape index (κ2) is 3.93. The Morgan fingerprint density at radius 1 is 1.11 bits per heavy atom. The highest BCUT2D eigenvalue weighted by Gasteiger charge is 2.37. The molecule has 4 rings (SSSR count). The highest BCUT2D eigenvalue weighted by molar-refractivity contribution is 5.63. The zero-order chi connectivity index (χ0) is 13.0. The zero-order valence-corrected chi connectivity index (χ0v) is 11.7. The van der Waals surface area contributed by atoms with Gasteiger partial charge in [-0.25, -0.2) is 0 Å². The first-order chi connectivity index (χ1) is 9.25. The molecule has 0 N–H and O–H groups in total. The Labute approximate surface area is 114 Å². The van der Waals surface area contributed by atoms with Gasteiger partial charge in [-0.05, 0) is 49.3 Å². The molecule has 0 amide bonds. The summed E-state index contributed by atoms with van der Waals surface area (Å²) in [5.74, 6) is 0.863. The predicted octanol–water partition coefficient (Wildman–Crippen LogP) is 3.46. The highest BCUT2D eigenvalue weighted by Crippen LogP contribution is 2.43. The molecule has 1 heterocycles. The van der Waals surface area contributed by atoms with Crippen molar-refractivity contribution in [2.45, 2.75) is 38.5 Å². The molecule has 0 bridgehead atoms. The summed E-state index contributed by atoms with van der Waals surface area (Å²) >= 11 is 0. The molecule has 1 atom stereocenters. The van der Waals surface area contributed by atoms with E-state index in [1.54, 1.807) is 16.8 Å². The summed E-state index contributed by atoms with van der Waals surface area (Å²) in [6, 6.07) is 11.2. The monoisotopic (exact) mass is 250 g/mol. The first-order valence-corrected chi connectivity index (χ1v) is 7.36. The van der Waals surface area contributed by atoms with Crippen molar-refractivity contribution in [3.8, 4) is 11.3 Å². The Kier molecular flexibility index (Phi) is 2.32. The second-order valence-electron chi connectivity index (χ2n) is 6.06. The molecule has 0 fully saturated rings. The van der Waals surface area contributed by atoms with Gasteiger partial charge in [0.25, 0.3) is 0 Å². The standard InChI is InChI=1S/C18H20N/c1-12-5-3-4-6-15(12)17-11-14-8-7-13-9-10-16(18(13)14)19(17)2/h3-6,11,13H,7-10H2,1-2H3/q+1. The van der Waals surface area contributed by atoms with E-state index < -0.39 is 0 Å². The van der Waals surface area contributed by atoms with Crippen molar-refractivity contribution in [3.63, 3.8) is 0 Å². The highest BCUT2D eigenvalue weighted by atomic mass is 15.0. The Balaban J connectivity index is 1.99. The van der Waals surface area contributed by atoms with Gasteiger partial charge in [-0.2, -0.15) is 4.57 Å². The van der Waals surface area contributed by atoms with E-state index in [1.807, 2.05) is 0 Å². The predicted molar refractivity (Wildman–Crippen MR) is 77.2 cm³/mol. The topological polar surface area (TPSA) is 3.88 Å². The Morgan fingerprint density at radius 3 is 2.74 bits per heavy atom. The lowest BCUT2D eigenvalue weighted by Crippen LogP contribution is -2.36. The molecule has 2 aliphatic carbocycles. The van der Waals surface area contributed by atoms with Gasteiger partial charge in [-0.1, -0.05) is 18.2 Å². The third kappa shape index (κ3) is 1.51. The van der Waals surface area contributed by atoms with Crippen LogP contribution in [0.4, 0.5) is 0 Å². The normalized spacial score (nSPS) is 19.8. The van der Waals surface area contributed by atoms with Crippen LogP contribution in [-0.4, -0.2) is 0 Å². The van der Waals surface area contributed by atoms with E-state index in [4.69, 9.17) is 0 Å². The molecule has 1 aromatic heterocycles. The van der Waals surface area contributed by atoms with Crippen molar-refractivity contribution < 1.29 is 4.57 Å². The summed E-state index contributed by atoms with van der Waals surface area (Å²) in [6.45, 7) is 2.21. The average molecular weight is 250 g/mol. The van der Waals surface area contributed by atoms with Gasteiger partial charge in [-0.3, -0.25) is 0 Å². The number of aromatic nitrogens is 1. The number of hydrogen-bond acceptors (Lipinski definition) is 0. The minimum absolute atomic E-state index is 0.863. The van der Waals surface area contributed by atoms with E-state index in [-0.39, 0.29) is 0 Å². The molecule has 0 aliphatic heterocycles. The fourth-order valence-corrected chi connectivity index (χ4v) is 4.05. The Hall–Kier alpha value is -1.63. The number of nitrogens with zero attached hydrogens (tertiary/aromatic N) is 1. The number of benzene rings is 1. The van der Waals surface area contributed by atoms with Crippen molar-refractivity contribution in [1.82, 2.24) is 0 Å². The molecule has 1 aromatic carbocycles. The van der Waals surface area contributed by atoms with Crippen LogP contribution in [0.15, 0.2) is 30.3 Å². The molecule has 96 valence electrons. The number of hydrogen-bond donors (Lipinski definition) is 0. The van der Waals surface area contributed by atoms with Gasteiger partial charge in [-0.15, -0.1) is 0 Å². The summed E-state index contributed by atoms with van der Waals surface area (Å²) in [5.41, 5.74) is 9.07. The second-order valence-corrected chi connectivity index (χ2v) is 6.06. The molecule has 2 aliphatic rings. The lowest BCUT2D eigenvalue weighted by Gasteiger charge is -2.09. The number of aryl methyl sites for hydroxylation is 2. The van der Waals surface area contributed by atoms with Gasteiger partial charge < -0.3 is 0 Å². The lowest BCUT2D eigenvalue weighted by atomic mass is 10.0. The van der Waals surface area contributed by atoms with E-state index in [1.165, 1.54) is 42.5 Å². The van der Waals surface area contributed by atoms with E-state index >= 15 is 0 Å². The van der Waals surface area contributed by atoms with Crippen LogP contribution in [0.5, 0.6) is 0 Å². The molecule has 1 heteroatoms. The Morgan fingerprint density at radius 2 is 1.89 bits per heavy atom. The van der Waals surface area contributed by atoms with E-state index in [0.717, 1.165) is 5.92 Å². The van der Waals surface area contributed by atoms with Gasteiger partial charge in [0.15, 0.2) is 5.69 Å². The van der Waals surface area contributed by atoms with Crippen molar-refractivity contribution in [3.05, 3.63) is 52.7 Å². The minimum atomic E-state index is 0.863. The summed E-state index contributed by atoms with van der Waals surface area (Å²) in [7, 11) is 2.25. The first kappa shape index (κ1) is 11.2. The van der Waals surface area contributed by atoms with Crippen molar-refractivity contribution in [1.29, 1.82) is 0 Å². The summed E-state index contributed by atoms with van der Waals surface area (Å²) in [6.07, 6.45) is 5.29. The van der Waals surface area contributed by atoms with Crippen molar-refractivity contribution in [2.24, 2.45) is 7.05 Å². The third-order valence-corrected chi connectivity index (χ3v) is 5.06. The van der Waals surface area contributed by atoms with Gasteiger partial charge in [0.05, 0.1) is 0 Å². The SMILES string of the molecule is Cc1ccccc1-c1cc2c3c([n+]1C)CCC3CC2. The van der Waals surface area contributed by atoms with Crippen LogP contribution < -0.4 is 4.57 Å². The lowest BCUT2D eigenvalue weighted by molar-refractivity contribution is -0.668. The molecule has 1 unspecified atom stereocenters. The molecule has 0 saturated carbocycles. The summed E-state index contributed by atoms with van der Waals surface area (Å²) in [4.78, 5) is 0. The van der Waals surface area contributed by atoms with Crippen LogP contribution in [0.25, 0.3) is 11.3 Å². The molecule has 19 heavy (non-hydrogen) atoms. The van der Waals surface area contributed by atoms with Crippen molar-refractivity contribution >= 4 is 0 Å². The van der Waals surface area contributed by atoms with Gasteiger partial charge >= 0.3 is 0 Å². The van der Waals surface area contributed by atoms with Crippen LogP contribution in [0, 0.1) is 6.92 Å². The molecule has 0 spiro atoms.